The van der Waals surface area contributed by atoms with Gasteiger partial charge >= 0.3 is 0 Å². The molecular weight excluding hydrogens is 412 g/mol. The average Bonchev–Trinajstić information content (AvgIpc) is 2.80. The first-order valence-corrected chi connectivity index (χ1v) is 10.6. The zero-order valence-electron chi connectivity index (χ0n) is 17.0. The van der Waals surface area contributed by atoms with E-state index >= 15 is 0 Å². The Morgan fingerprint density at radius 2 is 1.77 bits per heavy atom. The monoisotopic (exact) mass is 432 g/mol. The maximum absolute atomic E-state index is 12.7. The molecule has 0 radical (unpaired) electrons. The molecule has 0 fully saturated rings. The lowest BCUT2D eigenvalue weighted by molar-refractivity contribution is 0.103. The van der Waals surface area contributed by atoms with Gasteiger partial charge in [-0.15, -0.1) is 0 Å². The Labute approximate surface area is 183 Å². The SMILES string of the molecule is COc1ccc(C(=O)c2ccc(CSc3nc4ccccc4c(=O)n3C)c(O)c2)cc1. The Hall–Kier alpha value is -3.58. The predicted octanol–water partition coefficient (Wildman–Crippen LogP) is 4.17. The van der Waals surface area contributed by atoms with Gasteiger partial charge in [0.15, 0.2) is 10.9 Å². The molecule has 0 aliphatic rings. The van der Waals surface area contributed by atoms with Gasteiger partial charge in [0, 0.05) is 29.5 Å². The zero-order chi connectivity index (χ0) is 22.0. The van der Waals surface area contributed by atoms with Crippen molar-refractivity contribution >= 4 is 28.4 Å². The third-order valence-corrected chi connectivity index (χ3v) is 6.08. The molecule has 156 valence electrons. The number of aromatic hydroxyl groups is 1. The number of methoxy groups -OCH3 is 1. The summed E-state index contributed by atoms with van der Waals surface area (Å²) in [6, 6.07) is 18.9. The van der Waals surface area contributed by atoms with E-state index in [1.54, 1.807) is 62.7 Å². The molecule has 0 amide bonds. The van der Waals surface area contributed by atoms with Gasteiger partial charge in [-0.2, -0.15) is 0 Å². The van der Waals surface area contributed by atoms with Crippen molar-refractivity contribution in [2.45, 2.75) is 10.9 Å². The van der Waals surface area contributed by atoms with E-state index in [0.29, 0.717) is 44.3 Å². The number of para-hydroxylation sites is 1. The van der Waals surface area contributed by atoms with Crippen molar-refractivity contribution in [2.75, 3.05) is 7.11 Å². The van der Waals surface area contributed by atoms with Crippen LogP contribution in [0.3, 0.4) is 0 Å². The van der Waals surface area contributed by atoms with E-state index in [1.165, 1.54) is 22.4 Å². The summed E-state index contributed by atoms with van der Waals surface area (Å²) in [7, 11) is 3.25. The van der Waals surface area contributed by atoms with Gasteiger partial charge in [-0.05, 0) is 42.5 Å². The first-order valence-electron chi connectivity index (χ1n) is 9.57. The number of fused-ring (bicyclic) bond motifs is 1. The molecule has 0 atom stereocenters. The highest BCUT2D eigenvalue weighted by Crippen LogP contribution is 2.28. The molecule has 0 aliphatic heterocycles. The van der Waals surface area contributed by atoms with Gasteiger partial charge < -0.3 is 9.84 Å². The molecule has 4 aromatic rings. The molecule has 0 saturated carbocycles. The third-order valence-electron chi connectivity index (χ3n) is 5.00. The van der Waals surface area contributed by atoms with Crippen LogP contribution in [-0.4, -0.2) is 27.6 Å². The summed E-state index contributed by atoms with van der Waals surface area (Å²) in [5.74, 6) is 0.915. The maximum atomic E-state index is 12.7. The van der Waals surface area contributed by atoms with Crippen molar-refractivity contribution in [3.63, 3.8) is 0 Å². The van der Waals surface area contributed by atoms with Gasteiger partial charge in [0.05, 0.1) is 18.0 Å². The lowest BCUT2D eigenvalue weighted by Crippen LogP contribution is -2.19. The molecule has 31 heavy (non-hydrogen) atoms. The second-order valence-corrected chi connectivity index (χ2v) is 7.91. The minimum Gasteiger partial charge on any atom is -0.508 e. The van der Waals surface area contributed by atoms with E-state index in [2.05, 4.69) is 4.98 Å². The average molecular weight is 433 g/mol. The van der Waals surface area contributed by atoms with E-state index in [-0.39, 0.29) is 17.1 Å². The summed E-state index contributed by atoms with van der Waals surface area (Å²) < 4.78 is 6.62. The smallest absolute Gasteiger partial charge is 0.261 e. The molecule has 4 rings (SSSR count). The highest BCUT2D eigenvalue weighted by atomic mass is 32.2. The number of hydrogen-bond acceptors (Lipinski definition) is 6. The number of ether oxygens (including phenoxy) is 1. The molecule has 0 spiro atoms. The fourth-order valence-corrected chi connectivity index (χ4v) is 4.17. The van der Waals surface area contributed by atoms with Crippen LogP contribution in [0.15, 0.2) is 76.7 Å². The van der Waals surface area contributed by atoms with Gasteiger partial charge in [-0.25, -0.2) is 4.98 Å². The second kappa shape index (κ2) is 8.65. The Morgan fingerprint density at radius 1 is 1.06 bits per heavy atom. The normalized spacial score (nSPS) is 10.9. The number of hydrogen-bond donors (Lipinski definition) is 1. The zero-order valence-corrected chi connectivity index (χ0v) is 17.8. The topological polar surface area (TPSA) is 81.4 Å². The summed E-state index contributed by atoms with van der Waals surface area (Å²) in [5.41, 5.74) is 2.08. The van der Waals surface area contributed by atoms with Gasteiger partial charge in [-0.3, -0.25) is 14.2 Å². The van der Waals surface area contributed by atoms with Crippen molar-refractivity contribution in [2.24, 2.45) is 7.05 Å². The van der Waals surface area contributed by atoms with Gasteiger partial charge in [-0.1, -0.05) is 36.0 Å². The first-order chi connectivity index (χ1) is 15.0. The molecule has 1 aromatic heterocycles. The van der Waals surface area contributed by atoms with Gasteiger partial charge in [0.2, 0.25) is 0 Å². The van der Waals surface area contributed by atoms with Crippen LogP contribution in [0.4, 0.5) is 0 Å². The molecule has 7 heteroatoms. The molecule has 1 N–H and O–H groups in total. The Kier molecular flexibility index (Phi) is 5.77. The minimum atomic E-state index is -0.184. The maximum Gasteiger partial charge on any atom is 0.261 e. The molecular formula is C24H20N2O4S. The van der Waals surface area contributed by atoms with Crippen LogP contribution in [0.2, 0.25) is 0 Å². The van der Waals surface area contributed by atoms with E-state index < -0.39 is 0 Å². The summed E-state index contributed by atoms with van der Waals surface area (Å²) in [6.45, 7) is 0. The number of thioether (sulfide) groups is 1. The van der Waals surface area contributed by atoms with Crippen LogP contribution in [0.1, 0.15) is 21.5 Å². The van der Waals surface area contributed by atoms with Crippen molar-refractivity contribution in [1.29, 1.82) is 0 Å². The van der Waals surface area contributed by atoms with Crippen LogP contribution < -0.4 is 10.3 Å². The predicted molar refractivity (Wildman–Crippen MR) is 121 cm³/mol. The number of nitrogens with zero attached hydrogens (tertiary/aromatic N) is 2. The highest BCUT2D eigenvalue weighted by Gasteiger charge is 2.14. The number of rotatable bonds is 6. The van der Waals surface area contributed by atoms with Crippen molar-refractivity contribution < 1.29 is 14.6 Å². The summed E-state index contributed by atoms with van der Waals surface area (Å²) >= 11 is 1.35. The van der Waals surface area contributed by atoms with Crippen LogP contribution in [-0.2, 0) is 12.8 Å². The molecule has 1 heterocycles. The van der Waals surface area contributed by atoms with E-state index in [9.17, 15) is 14.7 Å². The minimum absolute atomic E-state index is 0.0256. The van der Waals surface area contributed by atoms with E-state index in [4.69, 9.17) is 4.74 Å². The molecule has 6 nitrogen and oxygen atoms in total. The van der Waals surface area contributed by atoms with Crippen LogP contribution in [0.5, 0.6) is 11.5 Å². The largest absolute Gasteiger partial charge is 0.508 e. The number of carbonyl (C=O) groups excluding carboxylic acids is 1. The number of aromatic nitrogens is 2. The quantitative estimate of drug-likeness (QED) is 0.280. The van der Waals surface area contributed by atoms with Crippen molar-refractivity contribution in [3.05, 3.63) is 93.8 Å². The number of phenols is 1. The lowest BCUT2D eigenvalue weighted by Gasteiger charge is -2.10. The number of benzene rings is 3. The van der Waals surface area contributed by atoms with Crippen LogP contribution in [0.25, 0.3) is 10.9 Å². The van der Waals surface area contributed by atoms with Crippen molar-refractivity contribution in [1.82, 2.24) is 9.55 Å². The number of phenolic OH excluding ortho intramolecular Hbond substituents is 1. The Morgan fingerprint density at radius 3 is 2.48 bits per heavy atom. The van der Waals surface area contributed by atoms with Gasteiger partial charge in [0.25, 0.3) is 5.56 Å². The molecule has 3 aromatic carbocycles. The number of carbonyl (C=O) groups is 1. The third kappa shape index (κ3) is 4.18. The van der Waals surface area contributed by atoms with Crippen LogP contribution in [0, 0.1) is 0 Å². The Balaban J connectivity index is 1.54. The summed E-state index contributed by atoms with van der Waals surface area (Å²) in [5, 5.41) is 11.6. The summed E-state index contributed by atoms with van der Waals surface area (Å²) in [4.78, 5) is 29.8. The first kappa shape index (κ1) is 20.7. The number of ketones is 1. The van der Waals surface area contributed by atoms with Crippen molar-refractivity contribution in [3.8, 4) is 11.5 Å². The highest BCUT2D eigenvalue weighted by molar-refractivity contribution is 7.98. The lowest BCUT2D eigenvalue weighted by atomic mass is 10.0. The van der Waals surface area contributed by atoms with Gasteiger partial charge in [0.1, 0.15) is 11.5 Å². The van der Waals surface area contributed by atoms with E-state index in [0.717, 1.165) is 0 Å². The molecule has 0 saturated heterocycles. The standard InChI is InChI=1S/C24H20N2O4S/c1-26-23(29)19-5-3-4-6-20(19)25-24(26)31-14-17-8-7-16(13-21(17)27)22(28)15-9-11-18(30-2)12-10-15/h3-13,27H,14H2,1-2H3. The second-order valence-electron chi connectivity index (χ2n) is 6.97. The fourth-order valence-electron chi connectivity index (χ4n) is 3.21. The van der Waals surface area contributed by atoms with E-state index in [1.807, 2.05) is 12.1 Å². The molecule has 0 aliphatic carbocycles. The molecule has 0 bridgehead atoms. The summed E-state index contributed by atoms with van der Waals surface area (Å²) in [6.07, 6.45) is 0. The molecule has 0 unspecified atom stereocenters. The van der Waals surface area contributed by atoms with Crippen LogP contribution >= 0.6 is 11.8 Å². The Bertz CT molecular complexity index is 1330. The fraction of sp³-hybridized carbons (Fsp3) is 0.125.